The van der Waals surface area contributed by atoms with E-state index in [2.05, 4.69) is 9.97 Å². The molecule has 8 N–H and O–H groups in total. The highest BCUT2D eigenvalue weighted by Crippen LogP contribution is 2.43. The quantitative estimate of drug-likeness (QED) is 0.127. The van der Waals surface area contributed by atoms with E-state index < -0.39 is 52.5 Å². The molecule has 0 atom stereocenters. The second kappa shape index (κ2) is 13.6. The van der Waals surface area contributed by atoms with Gasteiger partial charge in [0.1, 0.15) is 11.5 Å². The molecule has 0 bridgehead atoms. The van der Waals surface area contributed by atoms with E-state index in [1.807, 2.05) is 0 Å². The summed E-state index contributed by atoms with van der Waals surface area (Å²) in [5, 5.41) is 39.8. The smallest absolute Gasteiger partial charge is 0.329 e. The van der Waals surface area contributed by atoms with Gasteiger partial charge in [0.05, 0.1) is 36.8 Å². The SMILES string of the molecule is Cc1ncc(CP(=O)(O)O)c(CN(CCN(CC(=O)O)CC(=O)O)Cc2c(CP(=O)(O)O)cnc(C)c2O)c1O. The number of carboxylic acid groups (broad SMARTS) is 2. The highest BCUT2D eigenvalue weighted by atomic mass is 31.2. The number of hydrogen-bond acceptors (Lipinski definition) is 10. The molecule has 0 saturated heterocycles. The Morgan fingerprint density at radius 2 is 1.07 bits per heavy atom. The molecule has 222 valence electrons. The highest BCUT2D eigenvalue weighted by Gasteiger charge is 2.26. The van der Waals surface area contributed by atoms with Crippen molar-refractivity contribution in [3.05, 3.63) is 46.0 Å². The third-order valence-corrected chi connectivity index (χ3v) is 7.33. The number of aliphatic carboxylic acids is 2. The summed E-state index contributed by atoms with van der Waals surface area (Å²) >= 11 is 0. The van der Waals surface area contributed by atoms with Crippen molar-refractivity contribution in [3.8, 4) is 11.5 Å². The maximum atomic E-state index is 11.7. The zero-order valence-electron chi connectivity index (χ0n) is 21.7. The summed E-state index contributed by atoms with van der Waals surface area (Å²) in [6.45, 7) is 0.967. The summed E-state index contributed by atoms with van der Waals surface area (Å²) in [5.41, 5.74) is 0.460. The van der Waals surface area contributed by atoms with Crippen LogP contribution >= 0.6 is 15.2 Å². The van der Waals surface area contributed by atoms with Gasteiger partial charge in [-0.2, -0.15) is 0 Å². The molecule has 0 saturated carbocycles. The van der Waals surface area contributed by atoms with E-state index in [0.717, 1.165) is 4.90 Å². The summed E-state index contributed by atoms with van der Waals surface area (Å²) in [6.07, 6.45) is 0.862. The number of aryl methyl sites for hydroxylation is 2. The third kappa shape index (κ3) is 10.6. The summed E-state index contributed by atoms with van der Waals surface area (Å²) in [7, 11) is -9.22. The Morgan fingerprint density at radius 3 is 1.40 bits per heavy atom. The molecular formula is C22H32N4O12P2. The van der Waals surface area contributed by atoms with Crippen LogP contribution in [-0.4, -0.2) is 97.9 Å². The Morgan fingerprint density at radius 1 is 0.725 bits per heavy atom. The van der Waals surface area contributed by atoms with Crippen molar-refractivity contribution < 1.29 is 58.7 Å². The fourth-order valence-electron chi connectivity index (χ4n) is 3.98. The van der Waals surface area contributed by atoms with Gasteiger partial charge in [0.2, 0.25) is 0 Å². The van der Waals surface area contributed by atoms with Gasteiger partial charge in [-0.3, -0.25) is 38.5 Å². The van der Waals surface area contributed by atoms with E-state index >= 15 is 0 Å². The zero-order chi connectivity index (χ0) is 30.4. The molecule has 0 aliphatic carbocycles. The topological polar surface area (TPSA) is 262 Å². The lowest BCUT2D eigenvalue weighted by Crippen LogP contribution is -2.40. The lowest BCUT2D eigenvalue weighted by Gasteiger charge is -2.28. The lowest BCUT2D eigenvalue weighted by molar-refractivity contribution is -0.141. The van der Waals surface area contributed by atoms with Crippen LogP contribution in [0.25, 0.3) is 0 Å². The fourth-order valence-corrected chi connectivity index (χ4v) is 5.41. The monoisotopic (exact) mass is 606 g/mol. The molecule has 0 radical (unpaired) electrons. The van der Waals surface area contributed by atoms with Crippen molar-refractivity contribution in [2.45, 2.75) is 39.3 Å². The van der Waals surface area contributed by atoms with E-state index in [1.165, 1.54) is 31.1 Å². The van der Waals surface area contributed by atoms with Gasteiger partial charge in [-0.1, -0.05) is 0 Å². The molecule has 2 heterocycles. The Labute approximate surface area is 228 Å². The number of hydrogen-bond donors (Lipinski definition) is 8. The molecule has 2 rings (SSSR count). The maximum Gasteiger partial charge on any atom is 0.329 e. The number of aromatic hydroxyl groups is 2. The molecule has 0 spiro atoms. The van der Waals surface area contributed by atoms with Gasteiger partial charge < -0.3 is 40.0 Å². The van der Waals surface area contributed by atoms with E-state index in [9.17, 15) is 58.7 Å². The Hall–Kier alpha value is -2.94. The average molecular weight is 606 g/mol. The summed E-state index contributed by atoms with van der Waals surface area (Å²) in [4.78, 5) is 71.2. The molecule has 0 aliphatic rings. The summed E-state index contributed by atoms with van der Waals surface area (Å²) in [5.74, 6) is -3.31. The predicted octanol–water partition coefficient (Wildman–Crippen LogP) is 0.333. The molecule has 2 aromatic heterocycles. The summed E-state index contributed by atoms with van der Waals surface area (Å²) < 4.78 is 23.5. The minimum absolute atomic E-state index is 0.0138. The van der Waals surface area contributed by atoms with Gasteiger partial charge in [-0.15, -0.1) is 0 Å². The van der Waals surface area contributed by atoms with E-state index in [0.29, 0.717) is 0 Å². The number of carbonyl (C=O) groups is 2. The van der Waals surface area contributed by atoms with E-state index in [-0.39, 0.29) is 71.3 Å². The predicted molar refractivity (Wildman–Crippen MR) is 139 cm³/mol. The van der Waals surface area contributed by atoms with Crippen LogP contribution in [0, 0.1) is 13.8 Å². The Bertz CT molecular complexity index is 1250. The van der Waals surface area contributed by atoms with Crippen LogP contribution in [0.1, 0.15) is 33.6 Å². The van der Waals surface area contributed by atoms with Crippen molar-refractivity contribution in [1.29, 1.82) is 0 Å². The first kappa shape index (κ1) is 33.3. The number of pyridine rings is 2. The van der Waals surface area contributed by atoms with E-state index in [1.54, 1.807) is 0 Å². The normalized spacial score (nSPS) is 12.3. The first-order valence-corrected chi connectivity index (χ1v) is 15.3. The Kier molecular flexibility index (Phi) is 11.3. The van der Waals surface area contributed by atoms with Crippen molar-refractivity contribution in [1.82, 2.24) is 19.8 Å². The molecule has 16 nitrogen and oxygen atoms in total. The second-order valence-electron chi connectivity index (χ2n) is 9.25. The minimum atomic E-state index is -4.61. The standard InChI is InChI=1S/C22H32N4O12P2/c1-13-21(31)17(15(5-23-13)11-39(33,34)35)7-25(3-4-26(9-19(27)28)10-20(29)30)8-18-16(12-40(36,37)38)6-24-14(2)22(18)32/h5-6,31-32H,3-4,7-12H2,1-2H3,(H,27,28)(H,29,30)(H2,33,34,35)(H2,36,37,38). The molecule has 2 aromatic rings. The van der Waals surface area contributed by atoms with Crippen molar-refractivity contribution >= 4 is 27.1 Å². The first-order chi connectivity index (χ1) is 18.4. The third-order valence-electron chi connectivity index (χ3n) is 5.83. The molecule has 0 amide bonds. The molecule has 18 heteroatoms. The van der Waals surface area contributed by atoms with Crippen molar-refractivity contribution in [2.75, 3.05) is 26.2 Å². The van der Waals surface area contributed by atoms with Crippen LogP contribution in [0.4, 0.5) is 0 Å². The molecule has 0 aromatic carbocycles. The van der Waals surface area contributed by atoms with Crippen LogP contribution < -0.4 is 0 Å². The van der Waals surface area contributed by atoms with Crippen LogP contribution in [-0.2, 0) is 44.1 Å². The molecule has 0 fully saturated rings. The van der Waals surface area contributed by atoms with Crippen molar-refractivity contribution in [3.63, 3.8) is 0 Å². The van der Waals surface area contributed by atoms with Crippen LogP contribution in [0.2, 0.25) is 0 Å². The number of aromatic nitrogens is 2. The molecule has 0 unspecified atom stereocenters. The lowest BCUT2D eigenvalue weighted by atomic mass is 10.1. The molecule has 0 aliphatic heterocycles. The first-order valence-electron chi connectivity index (χ1n) is 11.7. The number of nitrogens with zero attached hydrogens (tertiary/aromatic N) is 4. The zero-order valence-corrected chi connectivity index (χ0v) is 23.5. The van der Waals surface area contributed by atoms with Gasteiger partial charge in [-0.05, 0) is 25.0 Å². The van der Waals surface area contributed by atoms with Crippen LogP contribution in [0.15, 0.2) is 12.4 Å². The molecular weight excluding hydrogens is 574 g/mol. The minimum Gasteiger partial charge on any atom is -0.506 e. The van der Waals surface area contributed by atoms with Gasteiger partial charge in [-0.25, -0.2) is 0 Å². The highest BCUT2D eigenvalue weighted by molar-refractivity contribution is 7.51. The van der Waals surface area contributed by atoms with Gasteiger partial charge in [0.25, 0.3) is 0 Å². The average Bonchev–Trinajstić information content (AvgIpc) is 2.78. The fraction of sp³-hybridized carbons (Fsp3) is 0.455. The number of carboxylic acids is 2. The van der Waals surface area contributed by atoms with Gasteiger partial charge in [0, 0.05) is 49.7 Å². The molecule has 40 heavy (non-hydrogen) atoms. The van der Waals surface area contributed by atoms with Gasteiger partial charge in [0.15, 0.2) is 0 Å². The van der Waals surface area contributed by atoms with Gasteiger partial charge >= 0.3 is 27.1 Å². The largest absolute Gasteiger partial charge is 0.506 e. The van der Waals surface area contributed by atoms with E-state index in [4.69, 9.17) is 0 Å². The van der Waals surface area contributed by atoms with Crippen LogP contribution in [0.3, 0.4) is 0 Å². The number of rotatable bonds is 15. The maximum absolute atomic E-state index is 11.7. The second-order valence-corrected chi connectivity index (χ2v) is 12.5. The van der Waals surface area contributed by atoms with Crippen LogP contribution in [0.5, 0.6) is 11.5 Å². The summed E-state index contributed by atoms with van der Waals surface area (Å²) in [6, 6.07) is 0. The van der Waals surface area contributed by atoms with Crippen molar-refractivity contribution in [2.24, 2.45) is 0 Å². The Balaban J connectivity index is 2.58.